The van der Waals surface area contributed by atoms with Crippen LogP contribution >= 0.6 is 0 Å². The maximum Gasteiger partial charge on any atom is 0.241 e. The Kier molecular flexibility index (Phi) is 4.50. The van der Waals surface area contributed by atoms with Gasteiger partial charge in [-0.2, -0.15) is 0 Å². The third-order valence-electron chi connectivity index (χ3n) is 1.91. The van der Waals surface area contributed by atoms with Crippen LogP contribution in [0.15, 0.2) is 12.4 Å². The fourth-order valence-corrected chi connectivity index (χ4v) is 1.04. The average Bonchev–Trinajstić information content (AvgIpc) is 2.26. The van der Waals surface area contributed by atoms with Gasteiger partial charge in [-0.25, -0.2) is 4.98 Å². The molecule has 0 atom stereocenters. The largest absolute Gasteiger partial charge is 0.369 e. The molecule has 0 saturated heterocycles. The van der Waals surface area contributed by atoms with Crippen LogP contribution in [0.25, 0.3) is 0 Å². The van der Waals surface area contributed by atoms with E-state index in [0.29, 0.717) is 11.6 Å². The van der Waals surface area contributed by atoms with Gasteiger partial charge in [-0.3, -0.25) is 9.78 Å². The Bertz CT molecular complexity index is 353. The van der Waals surface area contributed by atoms with Gasteiger partial charge in [0.2, 0.25) is 5.91 Å². The molecule has 88 valence electrons. The number of hydrogen-bond acceptors (Lipinski definition) is 5. The Labute approximate surface area is 95.1 Å². The van der Waals surface area contributed by atoms with Crippen molar-refractivity contribution in [2.24, 2.45) is 0 Å². The van der Waals surface area contributed by atoms with E-state index in [1.165, 1.54) is 4.90 Å². The molecule has 1 aromatic rings. The van der Waals surface area contributed by atoms with Crippen LogP contribution in [0.2, 0.25) is 0 Å². The molecule has 6 heteroatoms. The molecule has 0 radical (unpaired) electrons. The van der Waals surface area contributed by atoms with Crippen molar-refractivity contribution < 1.29 is 4.79 Å². The highest BCUT2D eigenvalue weighted by molar-refractivity contribution is 5.80. The van der Waals surface area contributed by atoms with E-state index in [0.717, 1.165) is 6.54 Å². The van der Waals surface area contributed by atoms with E-state index >= 15 is 0 Å². The Balaban J connectivity index is 2.53. The maximum atomic E-state index is 11.3. The second-order valence-electron chi connectivity index (χ2n) is 3.46. The number of carbonyl (C=O) groups excluding carboxylic acids is 1. The zero-order valence-corrected chi connectivity index (χ0v) is 9.82. The standard InChI is InChI=1S/C10H17N5O/c1-4-12-8-5-11-6-9(14-8)13-7-10(16)15(2)3/h5-6H,4,7H2,1-3H3,(H2,12,13,14). The Morgan fingerprint density at radius 2 is 1.94 bits per heavy atom. The van der Waals surface area contributed by atoms with Gasteiger partial charge in [0, 0.05) is 20.6 Å². The minimum Gasteiger partial charge on any atom is -0.369 e. The van der Waals surface area contributed by atoms with Gasteiger partial charge in [0.15, 0.2) is 0 Å². The molecule has 1 rings (SSSR count). The zero-order chi connectivity index (χ0) is 12.0. The Morgan fingerprint density at radius 3 is 2.50 bits per heavy atom. The summed E-state index contributed by atoms with van der Waals surface area (Å²) in [6.45, 7) is 2.99. The summed E-state index contributed by atoms with van der Waals surface area (Å²) in [6.07, 6.45) is 3.23. The minimum absolute atomic E-state index is 0.00402. The van der Waals surface area contributed by atoms with E-state index in [2.05, 4.69) is 20.6 Å². The van der Waals surface area contributed by atoms with Crippen LogP contribution in [0.3, 0.4) is 0 Å². The summed E-state index contributed by atoms with van der Waals surface area (Å²) in [7, 11) is 3.43. The maximum absolute atomic E-state index is 11.3. The zero-order valence-electron chi connectivity index (χ0n) is 9.82. The first-order valence-electron chi connectivity index (χ1n) is 5.13. The molecule has 16 heavy (non-hydrogen) atoms. The number of hydrogen-bond donors (Lipinski definition) is 2. The van der Waals surface area contributed by atoms with Gasteiger partial charge in [0.25, 0.3) is 0 Å². The number of aromatic nitrogens is 2. The second kappa shape index (κ2) is 5.89. The normalized spacial score (nSPS) is 9.69. The molecule has 0 aromatic carbocycles. The van der Waals surface area contributed by atoms with E-state index < -0.39 is 0 Å². The molecule has 1 heterocycles. The first-order valence-corrected chi connectivity index (χ1v) is 5.13. The quantitative estimate of drug-likeness (QED) is 0.756. The molecule has 0 aliphatic carbocycles. The fraction of sp³-hybridized carbons (Fsp3) is 0.500. The monoisotopic (exact) mass is 223 g/mol. The summed E-state index contributed by atoms with van der Waals surface area (Å²) in [5.74, 6) is 1.29. The van der Waals surface area contributed by atoms with Gasteiger partial charge in [0.1, 0.15) is 11.6 Å². The summed E-state index contributed by atoms with van der Waals surface area (Å²) in [6, 6.07) is 0. The van der Waals surface area contributed by atoms with Crippen LogP contribution in [0.4, 0.5) is 11.6 Å². The molecular weight excluding hydrogens is 206 g/mol. The molecule has 1 aromatic heterocycles. The lowest BCUT2D eigenvalue weighted by Gasteiger charge is -2.11. The number of likely N-dealkylation sites (N-methyl/N-ethyl adjacent to an activating group) is 1. The number of carbonyl (C=O) groups is 1. The van der Waals surface area contributed by atoms with E-state index in [-0.39, 0.29) is 12.5 Å². The van der Waals surface area contributed by atoms with E-state index in [9.17, 15) is 4.79 Å². The van der Waals surface area contributed by atoms with Crippen molar-refractivity contribution in [2.75, 3.05) is 37.8 Å². The lowest BCUT2D eigenvalue weighted by atomic mass is 10.5. The highest BCUT2D eigenvalue weighted by atomic mass is 16.2. The Morgan fingerprint density at radius 1 is 1.31 bits per heavy atom. The highest BCUT2D eigenvalue weighted by Gasteiger charge is 2.04. The van der Waals surface area contributed by atoms with Crippen molar-refractivity contribution in [1.82, 2.24) is 14.9 Å². The average molecular weight is 223 g/mol. The topological polar surface area (TPSA) is 70.2 Å². The Hall–Kier alpha value is -1.85. The third kappa shape index (κ3) is 3.72. The summed E-state index contributed by atoms with van der Waals surface area (Å²) in [5, 5.41) is 5.97. The molecule has 1 amide bonds. The van der Waals surface area contributed by atoms with Gasteiger partial charge in [-0.15, -0.1) is 0 Å². The number of nitrogens with one attached hydrogen (secondary N) is 2. The molecule has 0 spiro atoms. The van der Waals surface area contributed by atoms with E-state index in [1.54, 1.807) is 26.5 Å². The summed E-state index contributed by atoms with van der Waals surface area (Å²) in [5.41, 5.74) is 0. The van der Waals surface area contributed by atoms with Crippen LogP contribution < -0.4 is 10.6 Å². The summed E-state index contributed by atoms with van der Waals surface area (Å²) >= 11 is 0. The van der Waals surface area contributed by atoms with Crippen LogP contribution in [-0.4, -0.2) is 48.0 Å². The molecule has 0 unspecified atom stereocenters. The lowest BCUT2D eigenvalue weighted by Crippen LogP contribution is -2.28. The van der Waals surface area contributed by atoms with Gasteiger partial charge in [0.05, 0.1) is 18.9 Å². The first kappa shape index (κ1) is 12.2. The number of amides is 1. The van der Waals surface area contributed by atoms with E-state index in [1.807, 2.05) is 6.92 Å². The molecule has 0 aliphatic rings. The van der Waals surface area contributed by atoms with E-state index in [4.69, 9.17) is 0 Å². The number of nitrogens with zero attached hydrogens (tertiary/aromatic N) is 3. The van der Waals surface area contributed by atoms with Crippen LogP contribution in [0.1, 0.15) is 6.92 Å². The highest BCUT2D eigenvalue weighted by Crippen LogP contribution is 2.05. The SMILES string of the molecule is CCNc1cncc(NCC(=O)N(C)C)n1. The molecule has 0 bridgehead atoms. The van der Waals surface area contributed by atoms with Crippen LogP contribution in [0, 0.1) is 0 Å². The van der Waals surface area contributed by atoms with Gasteiger partial charge < -0.3 is 15.5 Å². The van der Waals surface area contributed by atoms with Gasteiger partial charge >= 0.3 is 0 Å². The molecule has 0 aliphatic heterocycles. The second-order valence-corrected chi connectivity index (χ2v) is 3.46. The molecule has 2 N–H and O–H groups in total. The number of anilines is 2. The van der Waals surface area contributed by atoms with Crippen molar-refractivity contribution in [3.05, 3.63) is 12.4 Å². The van der Waals surface area contributed by atoms with Crippen molar-refractivity contribution in [2.45, 2.75) is 6.92 Å². The van der Waals surface area contributed by atoms with Crippen molar-refractivity contribution >= 4 is 17.5 Å². The van der Waals surface area contributed by atoms with Gasteiger partial charge in [-0.05, 0) is 6.92 Å². The van der Waals surface area contributed by atoms with Crippen molar-refractivity contribution in [1.29, 1.82) is 0 Å². The fourth-order valence-electron chi connectivity index (χ4n) is 1.04. The number of rotatable bonds is 5. The molecule has 0 saturated carbocycles. The summed E-state index contributed by atoms with van der Waals surface area (Å²) < 4.78 is 0. The van der Waals surface area contributed by atoms with Crippen LogP contribution in [-0.2, 0) is 4.79 Å². The first-order chi connectivity index (χ1) is 7.63. The van der Waals surface area contributed by atoms with Gasteiger partial charge in [-0.1, -0.05) is 0 Å². The predicted molar refractivity (Wildman–Crippen MR) is 63.4 cm³/mol. The molecule has 6 nitrogen and oxygen atoms in total. The predicted octanol–water partition coefficient (Wildman–Crippen LogP) is 0.408. The van der Waals surface area contributed by atoms with Crippen molar-refractivity contribution in [3.63, 3.8) is 0 Å². The lowest BCUT2D eigenvalue weighted by molar-refractivity contribution is -0.126. The smallest absolute Gasteiger partial charge is 0.241 e. The molecule has 0 fully saturated rings. The van der Waals surface area contributed by atoms with Crippen LogP contribution in [0.5, 0.6) is 0 Å². The minimum atomic E-state index is -0.00402. The van der Waals surface area contributed by atoms with Crippen molar-refractivity contribution in [3.8, 4) is 0 Å². The summed E-state index contributed by atoms with van der Waals surface area (Å²) in [4.78, 5) is 21.1. The third-order valence-corrected chi connectivity index (χ3v) is 1.91. The molecular formula is C10H17N5O.